The van der Waals surface area contributed by atoms with Gasteiger partial charge in [0, 0.05) is 12.1 Å². The lowest BCUT2D eigenvalue weighted by molar-refractivity contribution is 0.436. The Hall–Kier alpha value is -1.89. The van der Waals surface area contributed by atoms with Crippen molar-refractivity contribution in [3.05, 3.63) is 35.5 Å². The first kappa shape index (κ1) is 12.6. The van der Waals surface area contributed by atoms with Crippen LogP contribution in [0, 0.1) is 17.5 Å². The van der Waals surface area contributed by atoms with Crippen LogP contribution in [0.3, 0.4) is 0 Å². The highest BCUT2D eigenvalue weighted by Gasteiger charge is 2.20. The SMILES string of the molecule is CNC(C)c1nnc(-c2c(F)cc(F)cc2F)o1. The van der Waals surface area contributed by atoms with Gasteiger partial charge in [-0.3, -0.25) is 0 Å². The summed E-state index contributed by atoms with van der Waals surface area (Å²) in [5.74, 6) is -3.30. The predicted molar refractivity (Wildman–Crippen MR) is 57.1 cm³/mol. The molecule has 0 saturated carbocycles. The molecule has 1 N–H and O–H groups in total. The summed E-state index contributed by atoms with van der Waals surface area (Å²) >= 11 is 0. The van der Waals surface area contributed by atoms with Crippen LogP contribution in [-0.4, -0.2) is 17.2 Å². The molecule has 0 amide bonds. The molecule has 1 unspecified atom stereocenters. The van der Waals surface area contributed by atoms with Gasteiger partial charge in [0.2, 0.25) is 5.89 Å². The van der Waals surface area contributed by atoms with Crippen LogP contribution in [0.1, 0.15) is 18.9 Å². The second kappa shape index (κ2) is 4.77. The first-order chi connectivity index (χ1) is 8.52. The Balaban J connectivity index is 2.46. The van der Waals surface area contributed by atoms with Crippen molar-refractivity contribution in [1.82, 2.24) is 15.5 Å². The molecular weight excluding hydrogens is 247 g/mol. The Morgan fingerprint density at radius 3 is 2.33 bits per heavy atom. The zero-order valence-electron chi connectivity index (χ0n) is 9.67. The van der Waals surface area contributed by atoms with Gasteiger partial charge >= 0.3 is 0 Å². The van der Waals surface area contributed by atoms with Gasteiger partial charge in [0.05, 0.1) is 6.04 Å². The number of halogens is 3. The van der Waals surface area contributed by atoms with E-state index in [0.717, 1.165) is 0 Å². The fraction of sp³-hybridized carbons (Fsp3) is 0.273. The first-order valence-corrected chi connectivity index (χ1v) is 5.18. The van der Waals surface area contributed by atoms with E-state index in [0.29, 0.717) is 12.1 Å². The second-order valence-electron chi connectivity index (χ2n) is 3.70. The zero-order valence-corrected chi connectivity index (χ0v) is 9.67. The molecule has 96 valence electrons. The summed E-state index contributed by atoms with van der Waals surface area (Å²) in [6.07, 6.45) is 0. The fourth-order valence-corrected chi connectivity index (χ4v) is 1.38. The normalized spacial score (nSPS) is 12.7. The first-order valence-electron chi connectivity index (χ1n) is 5.18. The van der Waals surface area contributed by atoms with E-state index >= 15 is 0 Å². The Labute approximate surface area is 101 Å². The van der Waals surface area contributed by atoms with Gasteiger partial charge in [0.1, 0.15) is 23.0 Å². The molecular formula is C11H10F3N3O. The smallest absolute Gasteiger partial charge is 0.253 e. The van der Waals surface area contributed by atoms with Gasteiger partial charge in [-0.25, -0.2) is 13.2 Å². The molecule has 1 heterocycles. The maximum atomic E-state index is 13.5. The van der Waals surface area contributed by atoms with Gasteiger partial charge in [-0.15, -0.1) is 10.2 Å². The van der Waals surface area contributed by atoms with E-state index in [1.807, 2.05) is 0 Å². The summed E-state index contributed by atoms with van der Waals surface area (Å²) in [4.78, 5) is 0. The van der Waals surface area contributed by atoms with Crippen LogP contribution >= 0.6 is 0 Å². The van der Waals surface area contributed by atoms with E-state index in [9.17, 15) is 13.2 Å². The Kier molecular flexibility index (Phi) is 3.33. The summed E-state index contributed by atoms with van der Waals surface area (Å²) in [7, 11) is 1.67. The van der Waals surface area contributed by atoms with Gasteiger partial charge in [-0.1, -0.05) is 0 Å². The number of hydrogen-bond acceptors (Lipinski definition) is 4. The van der Waals surface area contributed by atoms with E-state index in [2.05, 4.69) is 15.5 Å². The molecule has 4 nitrogen and oxygen atoms in total. The topological polar surface area (TPSA) is 51.0 Å². The zero-order chi connectivity index (χ0) is 13.3. The lowest BCUT2D eigenvalue weighted by Crippen LogP contribution is -2.12. The van der Waals surface area contributed by atoms with Crippen molar-refractivity contribution in [3.8, 4) is 11.5 Å². The quantitative estimate of drug-likeness (QED) is 0.917. The number of benzene rings is 1. The van der Waals surface area contributed by atoms with Crippen molar-refractivity contribution < 1.29 is 17.6 Å². The number of nitrogens with one attached hydrogen (secondary N) is 1. The molecule has 18 heavy (non-hydrogen) atoms. The number of aromatic nitrogens is 2. The molecule has 0 aliphatic carbocycles. The van der Waals surface area contributed by atoms with E-state index in [1.54, 1.807) is 14.0 Å². The van der Waals surface area contributed by atoms with Crippen molar-refractivity contribution >= 4 is 0 Å². The van der Waals surface area contributed by atoms with Crippen LogP contribution in [0.25, 0.3) is 11.5 Å². The third kappa shape index (κ3) is 2.21. The summed E-state index contributed by atoms with van der Waals surface area (Å²) in [5, 5.41) is 10.1. The Bertz CT molecular complexity index is 547. The third-order valence-electron chi connectivity index (χ3n) is 2.46. The molecule has 0 aliphatic heterocycles. The monoisotopic (exact) mass is 257 g/mol. The molecule has 0 aliphatic rings. The molecule has 1 aromatic carbocycles. The fourth-order valence-electron chi connectivity index (χ4n) is 1.38. The molecule has 7 heteroatoms. The molecule has 1 aromatic heterocycles. The van der Waals surface area contributed by atoms with Crippen molar-refractivity contribution in [1.29, 1.82) is 0 Å². The number of rotatable bonds is 3. The van der Waals surface area contributed by atoms with E-state index in [4.69, 9.17) is 4.42 Å². The molecule has 0 fully saturated rings. The highest BCUT2D eigenvalue weighted by atomic mass is 19.1. The summed E-state index contributed by atoms with van der Waals surface area (Å²) < 4.78 is 44.8. The Morgan fingerprint density at radius 1 is 1.17 bits per heavy atom. The summed E-state index contributed by atoms with van der Waals surface area (Å²) in [6, 6.07) is 0.867. The van der Waals surface area contributed by atoms with Crippen molar-refractivity contribution in [2.24, 2.45) is 0 Å². The van der Waals surface area contributed by atoms with Gasteiger partial charge in [-0.05, 0) is 14.0 Å². The number of nitrogens with zero attached hydrogens (tertiary/aromatic N) is 2. The number of hydrogen-bond donors (Lipinski definition) is 1. The van der Waals surface area contributed by atoms with E-state index < -0.39 is 23.0 Å². The average molecular weight is 257 g/mol. The maximum Gasteiger partial charge on any atom is 0.253 e. The third-order valence-corrected chi connectivity index (χ3v) is 2.46. The molecule has 0 radical (unpaired) electrons. The molecule has 0 spiro atoms. The van der Waals surface area contributed by atoms with Crippen molar-refractivity contribution in [2.45, 2.75) is 13.0 Å². The van der Waals surface area contributed by atoms with Crippen LogP contribution < -0.4 is 5.32 Å². The second-order valence-corrected chi connectivity index (χ2v) is 3.70. The van der Waals surface area contributed by atoms with Crippen molar-refractivity contribution in [3.63, 3.8) is 0 Å². The van der Waals surface area contributed by atoms with Gasteiger partial charge in [0.15, 0.2) is 0 Å². The maximum absolute atomic E-state index is 13.5. The van der Waals surface area contributed by atoms with Crippen LogP contribution in [0.4, 0.5) is 13.2 Å². The minimum absolute atomic E-state index is 0.190. The minimum atomic E-state index is -1.08. The lowest BCUT2D eigenvalue weighted by atomic mass is 10.2. The Morgan fingerprint density at radius 2 is 1.78 bits per heavy atom. The van der Waals surface area contributed by atoms with E-state index in [1.165, 1.54) is 0 Å². The molecule has 0 saturated heterocycles. The molecule has 2 aromatic rings. The molecule has 1 atom stereocenters. The van der Waals surface area contributed by atoms with E-state index in [-0.39, 0.29) is 17.8 Å². The van der Waals surface area contributed by atoms with Gasteiger partial charge in [-0.2, -0.15) is 0 Å². The van der Waals surface area contributed by atoms with Gasteiger partial charge < -0.3 is 9.73 Å². The lowest BCUT2D eigenvalue weighted by Gasteiger charge is -2.03. The van der Waals surface area contributed by atoms with Crippen LogP contribution in [0.2, 0.25) is 0 Å². The summed E-state index contributed by atoms with van der Waals surface area (Å²) in [6.45, 7) is 1.74. The average Bonchev–Trinajstić information content (AvgIpc) is 2.76. The van der Waals surface area contributed by atoms with Crippen LogP contribution in [0.15, 0.2) is 16.5 Å². The van der Waals surface area contributed by atoms with Crippen LogP contribution in [-0.2, 0) is 0 Å². The predicted octanol–water partition coefficient (Wildman–Crippen LogP) is 2.43. The standard InChI is InChI=1S/C11H10F3N3O/c1-5(15-2)10-16-17-11(18-10)9-7(13)3-6(12)4-8(9)14/h3-5,15H,1-2H3. The largest absolute Gasteiger partial charge is 0.419 e. The van der Waals surface area contributed by atoms with Crippen LogP contribution in [0.5, 0.6) is 0 Å². The highest BCUT2D eigenvalue weighted by Crippen LogP contribution is 2.26. The highest BCUT2D eigenvalue weighted by molar-refractivity contribution is 5.54. The van der Waals surface area contributed by atoms with Gasteiger partial charge in [0.25, 0.3) is 5.89 Å². The molecule has 2 rings (SSSR count). The minimum Gasteiger partial charge on any atom is -0.419 e. The van der Waals surface area contributed by atoms with Crippen molar-refractivity contribution in [2.75, 3.05) is 7.05 Å². The summed E-state index contributed by atoms with van der Waals surface area (Å²) in [5.41, 5.74) is -0.529. The molecule has 0 bridgehead atoms.